The molecule has 0 saturated carbocycles. The largest absolute Gasteiger partial charge is 0.484 e. The van der Waals surface area contributed by atoms with Gasteiger partial charge in [0.05, 0.1) is 0 Å². The molecular weight excluding hydrogens is 349 g/mol. The van der Waals surface area contributed by atoms with Crippen molar-refractivity contribution in [1.29, 1.82) is 0 Å². The zero-order valence-electron chi connectivity index (χ0n) is 10.1. The van der Waals surface area contributed by atoms with Gasteiger partial charge in [-0.05, 0) is 53.8 Å². The number of nitrogens with zero attached hydrogens (tertiary/aromatic N) is 1. The molecule has 0 aliphatic heterocycles. The summed E-state index contributed by atoms with van der Waals surface area (Å²) in [5.74, 6) is -0.830. The van der Waals surface area contributed by atoms with Gasteiger partial charge in [0, 0.05) is 10.6 Å². The summed E-state index contributed by atoms with van der Waals surface area (Å²) in [6.45, 7) is 1.28. The maximum atomic E-state index is 11.7. The minimum absolute atomic E-state index is 0.172. The normalized spacial score (nSPS) is 11.7. The number of likely N-dealkylation sites (N-methyl/N-ethyl adjacent to an activating group) is 1. The van der Waals surface area contributed by atoms with Crippen molar-refractivity contribution in [3.63, 3.8) is 0 Å². The Morgan fingerprint density at radius 2 is 1.94 bits per heavy atom. The molecule has 1 rings (SSSR count). The first-order valence-corrected chi connectivity index (χ1v) is 6.36. The van der Waals surface area contributed by atoms with Gasteiger partial charge in [0.25, 0.3) is 5.91 Å². The SMILES string of the molecule is CC(C(=O)O)N(C)C(=O)COc1ccc(I)cc1. The molecule has 1 unspecified atom stereocenters. The predicted octanol–water partition coefficient (Wildman–Crippen LogP) is 1.60. The monoisotopic (exact) mass is 363 g/mol. The summed E-state index contributed by atoms with van der Waals surface area (Å²) in [4.78, 5) is 23.5. The van der Waals surface area contributed by atoms with Gasteiger partial charge >= 0.3 is 5.97 Å². The maximum absolute atomic E-state index is 11.7. The molecule has 1 aromatic carbocycles. The second-order valence-electron chi connectivity index (χ2n) is 3.76. The molecule has 1 atom stereocenters. The molecule has 0 saturated heterocycles. The van der Waals surface area contributed by atoms with Gasteiger partial charge in [0.2, 0.25) is 0 Å². The Morgan fingerprint density at radius 3 is 2.44 bits per heavy atom. The summed E-state index contributed by atoms with van der Waals surface area (Å²) in [7, 11) is 1.44. The fraction of sp³-hybridized carbons (Fsp3) is 0.333. The van der Waals surface area contributed by atoms with Crippen LogP contribution in [0.25, 0.3) is 0 Å². The minimum atomic E-state index is -1.04. The lowest BCUT2D eigenvalue weighted by Crippen LogP contribution is -2.42. The predicted molar refractivity (Wildman–Crippen MR) is 74.5 cm³/mol. The van der Waals surface area contributed by atoms with Crippen LogP contribution < -0.4 is 4.74 Å². The zero-order chi connectivity index (χ0) is 13.7. The number of hydrogen-bond acceptors (Lipinski definition) is 3. The summed E-state index contributed by atoms with van der Waals surface area (Å²) in [5, 5.41) is 8.78. The fourth-order valence-electron chi connectivity index (χ4n) is 1.16. The van der Waals surface area contributed by atoms with Crippen molar-refractivity contribution in [2.75, 3.05) is 13.7 Å². The number of carboxylic acid groups (broad SMARTS) is 1. The van der Waals surface area contributed by atoms with E-state index in [1.165, 1.54) is 14.0 Å². The van der Waals surface area contributed by atoms with Gasteiger partial charge in [-0.2, -0.15) is 0 Å². The second-order valence-corrected chi connectivity index (χ2v) is 5.01. The summed E-state index contributed by atoms with van der Waals surface area (Å²) < 4.78 is 6.36. The Labute approximate surface area is 119 Å². The number of ether oxygens (including phenoxy) is 1. The van der Waals surface area contributed by atoms with Gasteiger partial charge in [-0.1, -0.05) is 0 Å². The van der Waals surface area contributed by atoms with Gasteiger partial charge in [-0.25, -0.2) is 4.79 Å². The number of carboxylic acids is 1. The van der Waals surface area contributed by atoms with E-state index >= 15 is 0 Å². The molecule has 0 spiro atoms. The molecule has 1 aromatic rings. The van der Waals surface area contributed by atoms with Gasteiger partial charge in [0.15, 0.2) is 6.61 Å². The molecule has 0 fully saturated rings. The quantitative estimate of drug-likeness (QED) is 0.808. The first kappa shape index (κ1) is 14.7. The Kier molecular flexibility index (Phi) is 5.39. The third kappa shape index (κ3) is 4.17. The summed E-state index contributed by atoms with van der Waals surface area (Å²) in [5.41, 5.74) is 0. The smallest absolute Gasteiger partial charge is 0.326 e. The fourth-order valence-corrected chi connectivity index (χ4v) is 1.52. The van der Waals surface area contributed by atoms with Crippen molar-refractivity contribution >= 4 is 34.5 Å². The van der Waals surface area contributed by atoms with E-state index in [1.807, 2.05) is 12.1 Å². The summed E-state index contributed by atoms with van der Waals surface area (Å²) >= 11 is 2.17. The van der Waals surface area contributed by atoms with Gasteiger partial charge in [-0.3, -0.25) is 4.79 Å². The van der Waals surface area contributed by atoms with E-state index in [1.54, 1.807) is 12.1 Å². The molecule has 1 N–H and O–H groups in total. The Morgan fingerprint density at radius 1 is 1.39 bits per heavy atom. The summed E-state index contributed by atoms with van der Waals surface area (Å²) in [6, 6.07) is 6.39. The van der Waals surface area contributed by atoms with E-state index in [2.05, 4.69) is 22.6 Å². The third-order valence-corrected chi connectivity index (χ3v) is 3.23. The standard InChI is InChI=1S/C12H14INO4/c1-8(12(16)17)14(2)11(15)7-18-10-5-3-9(13)4-6-10/h3-6,8H,7H2,1-2H3,(H,16,17). The van der Waals surface area contributed by atoms with Crippen LogP contribution in [0.4, 0.5) is 0 Å². The highest BCUT2D eigenvalue weighted by molar-refractivity contribution is 14.1. The van der Waals surface area contributed by atoms with E-state index in [-0.39, 0.29) is 12.5 Å². The molecule has 0 radical (unpaired) electrons. The summed E-state index contributed by atoms with van der Waals surface area (Å²) in [6.07, 6.45) is 0. The second kappa shape index (κ2) is 6.58. The molecule has 5 nitrogen and oxygen atoms in total. The molecule has 0 aliphatic carbocycles. The lowest BCUT2D eigenvalue weighted by atomic mass is 10.3. The van der Waals surface area contributed by atoms with E-state index in [0.29, 0.717) is 5.75 Å². The van der Waals surface area contributed by atoms with Crippen LogP contribution in [0.5, 0.6) is 5.75 Å². The van der Waals surface area contributed by atoms with E-state index < -0.39 is 12.0 Å². The highest BCUT2D eigenvalue weighted by Crippen LogP contribution is 2.13. The third-order valence-electron chi connectivity index (χ3n) is 2.51. The number of amides is 1. The van der Waals surface area contributed by atoms with Crippen LogP contribution >= 0.6 is 22.6 Å². The molecule has 0 aromatic heterocycles. The molecule has 1 amide bonds. The van der Waals surface area contributed by atoms with Crippen molar-refractivity contribution in [1.82, 2.24) is 4.90 Å². The van der Waals surface area contributed by atoms with E-state index in [0.717, 1.165) is 8.47 Å². The van der Waals surface area contributed by atoms with Crippen molar-refractivity contribution in [2.45, 2.75) is 13.0 Å². The Bertz CT molecular complexity index is 432. The van der Waals surface area contributed by atoms with Crippen molar-refractivity contribution < 1.29 is 19.4 Å². The number of hydrogen-bond donors (Lipinski definition) is 1. The molecule has 18 heavy (non-hydrogen) atoms. The van der Waals surface area contributed by atoms with E-state index in [4.69, 9.17) is 9.84 Å². The number of carbonyl (C=O) groups is 2. The number of carbonyl (C=O) groups excluding carboxylic acids is 1. The lowest BCUT2D eigenvalue weighted by Gasteiger charge is -2.21. The number of benzene rings is 1. The molecule has 0 bridgehead atoms. The van der Waals surface area contributed by atoms with Crippen LogP contribution in [0, 0.1) is 3.57 Å². The van der Waals surface area contributed by atoms with Crippen molar-refractivity contribution in [3.05, 3.63) is 27.8 Å². The van der Waals surface area contributed by atoms with Gasteiger partial charge in [0.1, 0.15) is 11.8 Å². The van der Waals surface area contributed by atoms with Crippen LogP contribution in [-0.2, 0) is 9.59 Å². The topological polar surface area (TPSA) is 66.8 Å². The maximum Gasteiger partial charge on any atom is 0.326 e. The Balaban J connectivity index is 2.50. The highest BCUT2D eigenvalue weighted by Gasteiger charge is 2.21. The Hall–Kier alpha value is -1.31. The van der Waals surface area contributed by atoms with Crippen LogP contribution in [0.1, 0.15) is 6.92 Å². The van der Waals surface area contributed by atoms with Crippen LogP contribution in [0.3, 0.4) is 0 Å². The number of halogens is 1. The van der Waals surface area contributed by atoms with Gasteiger partial charge in [-0.15, -0.1) is 0 Å². The van der Waals surface area contributed by atoms with Crippen LogP contribution in [0.2, 0.25) is 0 Å². The average Bonchev–Trinajstić information content (AvgIpc) is 2.35. The molecule has 98 valence electrons. The molecule has 0 aliphatic rings. The van der Waals surface area contributed by atoms with Crippen molar-refractivity contribution in [2.24, 2.45) is 0 Å². The number of rotatable bonds is 5. The molecular formula is C12H14INO4. The van der Waals surface area contributed by atoms with Crippen LogP contribution in [0.15, 0.2) is 24.3 Å². The molecule has 0 heterocycles. The van der Waals surface area contributed by atoms with Gasteiger partial charge < -0.3 is 14.7 Å². The number of aliphatic carboxylic acids is 1. The zero-order valence-corrected chi connectivity index (χ0v) is 12.2. The highest BCUT2D eigenvalue weighted by atomic mass is 127. The first-order chi connectivity index (χ1) is 8.41. The minimum Gasteiger partial charge on any atom is -0.484 e. The first-order valence-electron chi connectivity index (χ1n) is 5.28. The van der Waals surface area contributed by atoms with E-state index in [9.17, 15) is 9.59 Å². The van der Waals surface area contributed by atoms with Crippen LogP contribution in [-0.4, -0.2) is 41.6 Å². The average molecular weight is 363 g/mol. The lowest BCUT2D eigenvalue weighted by molar-refractivity contribution is -0.148. The van der Waals surface area contributed by atoms with Crippen molar-refractivity contribution in [3.8, 4) is 5.75 Å². The molecule has 6 heteroatoms.